The molecule has 0 saturated carbocycles. The lowest BCUT2D eigenvalue weighted by Gasteiger charge is -2.13. The van der Waals surface area contributed by atoms with E-state index in [0.29, 0.717) is 12.2 Å². The molecule has 6 heteroatoms. The molecule has 25 heavy (non-hydrogen) atoms. The van der Waals surface area contributed by atoms with Crippen LogP contribution in [0.15, 0.2) is 42.5 Å². The maximum absolute atomic E-state index is 13.2. The number of hydrogen-bond donors (Lipinski definition) is 2. The van der Waals surface area contributed by atoms with Gasteiger partial charge in [0.25, 0.3) is 5.91 Å². The van der Waals surface area contributed by atoms with Crippen LogP contribution in [0.4, 0.5) is 4.39 Å². The second kappa shape index (κ2) is 9.15. The number of hydrogen-bond acceptors (Lipinski definition) is 4. The highest BCUT2D eigenvalue weighted by atomic mass is 19.1. The highest BCUT2D eigenvalue weighted by molar-refractivity contribution is 5.95. The second-order valence-corrected chi connectivity index (χ2v) is 5.69. The van der Waals surface area contributed by atoms with Crippen LogP contribution in [0, 0.1) is 12.7 Å². The Morgan fingerprint density at radius 3 is 2.64 bits per heavy atom. The summed E-state index contributed by atoms with van der Waals surface area (Å²) in [4.78, 5) is 12.0. The number of nitrogens with one attached hydrogen (secondary N) is 1. The molecule has 2 aromatic rings. The third kappa shape index (κ3) is 5.85. The number of carbonyl (C=O) groups is 1. The van der Waals surface area contributed by atoms with Crippen molar-refractivity contribution in [1.29, 1.82) is 0 Å². The fourth-order valence-electron chi connectivity index (χ4n) is 2.24. The Morgan fingerprint density at radius 2 is 1.96 bits per heavy atom. The summed E-state index contributed by atoms with van der Waals surface area (Å²) in [5.41, 5.74) is 1.88. The van der Waals surface area contributed by atoms with Crippen molar-refractivity contribution in [2.45, 2.75) is 19.6 Å². The Morgan fingerprint density at radius 1 is 1.24 bits per heavy atom. The molecule has 0 aliphatic heterocycles. The number of aliphatic hydroxyl groups is 1. The van der Waals surface area contributed by atoms with Gasteiger partial charge in [-0.25, -0.2) is 4.39 Å². The van der Waals surface area contributed by atoms with Gasteiger partial charge in [0.15, 0.2) is 0 Å². The zero-order valence-corrected chi connectivity index (χ0v) is 14.3. The zero-order chi connectivity index (χ0) is 18.2. The fourth-order valence-corrected chi connectivity index (χ4v) is 2.24. The summed E-state index contributed by atoms with van der Waals surface area (Å²) in [6.45, 7) is 2.17. The normalized spacial score (nSPS) is 11.8. The lowest BCUT2D eigenvalue weighted by Crippen LogP contribution is -2.34. The molecule has 0 aliphatic carbocycles. The standard InChI is InChI=1S/C19H22FNO4/c1-13-3-6-15(20)9-18(13)19(23)21-10-16(22)12-25-11-14-4-7-17(24-2)8-5-14/h3-9,16,22H,10-12H2,1-2H3,(H,21,23). The topological polar surface area (TPSA) is 67.8 Å². The second-order valence-electron chi connectivity index (χ2n) is 5.69. The molecule has 0 fully saturated rings. The van der Waals surface area contributed by atoms with E-state index in [2.05, 4.69) is 5.32 Å². The van der Waals surface area contributed by atoms with Crippen molar-refractivity contribution in [1.82, 2.24) is 5.32 Å². The molecule has 2 rings (SSSR count). The summed E-state index contributed by atoms with van der Waals surface area (Å²) in [6.07, 6.45) is -0.851. The zero-order valence-electron chi connectivity index (χ0n) is 14.3. The van der Waals surface area contributed by atoms with Crippen LogP contribution in [-0.2, 0) is 11.3 Å². The minimum Gasteiger partial charge on any atom is -0.497 e. The first-order valence-corrected chi connectivity index (χ1v) is 7.92. The highest BCUT2D eigenvalue weighted by Crippen LogP contribution is 2.12. The predicted octanol–water partition coefficient (Wildman–Crippen LogP) is 2.45. The smallest absolute Gasteiger partial charge is 0.251 e. The monoisotopic (exact) mass is 347 g/mol. The molecule has 0 bridgehead atoms. The number of ether oxygens (including phenoxy) is 2. The van der Waals surface area contributed by atoms with Crippen molar-refractivity contribution in [3.05, 3.63) is 65.0 Å². The molecule has 2 N–H and O–H groups in total. The van der Waals surface area contributed by atoms with E-state index in [1.807, 2.05) is 24.3 Å². The van der Waals surface area contributed by atoms with Gasteiger partial charge in [0.05, 0.1) is 26.4 Å². The van der Waals surface area contributed by atoms with Crippen LogP contribution in [0.2, 0.25) is 0 Å². The quantitative estimate of drug-likeness (QED) is 0.770. The number of carbonyl (C=O) groups excluding carboxylic acids is 1. The van der Waals surface area contributed by atoms with Crippen LogP contribution in [0.25, 0.3) is 0 Å². The van der Waals surface area contributed by atoms with Crippen LogP contribution in [-0.4, -0.2) is 37.4 Å². The number of halogens is 1. The van der Waals surface area contributed by atoms with Gasteiger partial charge in [-0.05, 0) is 42.3 Å². The van der Waals surface area contributed by atoms with Gasteiger partial charge in [-0.1, -0.05) is 18.2 Å². The molecule has 1 atom stereocenters. The number of aryl methyl sites for hydroxylation is 1. The Bertz CT molecular complexity index is 703. The van der Waals surface area contributed by atoms with E-state index in [1.54, 1.807) is 20.1 Å². The molecule has 134 valence electrons. The minimum absolute atomic E-state index is 0.0252. The maximum atomic E-state index is 13.2. The van der Waals surface area contributed by atoms with Crippen LogP contribution in [0.5, 0.6) is 5.75 Å². The first kappa shape index (κ1) is 18.9. The van der Waals surface area contributed by atoms with Gasteiger partial charge in [0.1, 0.15) is 11.6 Å². The van der Waals surface area contributed by atoms with E-state index in [0.717, 1.165) is 11.3 Å². The molecular formula is C19H22FNO4. The van der Waals surface area contributed by atoms with Crippen molar-refractivity contribution < 1.29 is 23.8 Å². The van der Waals surface area contributed by atoms with Gasteiger partial charge in [0, 0.05) is 12.1 Å². The summed E-state index contributed by atoms with van der Waals surface area (Å²) in [6, 6.07) is 11.4. The van der Waals surface area contributed by atoms with Crippen LogP contribution in [0.1, 0.15) is 21.5 Å². The molecule has 0 spiro atoms. The van der Waals surface area contributed by atoms with E-state index in [-0.39, 0.29) is 18.7 Å². The fraction of sp³-hybridized carbons (Fsp3) is 0.316. The number of aliphatic hydroxyl groups excluding tert-OH is 1. The average Bonchev–Trinajstić information content (AvgIpc) is 2.62. The Balaban J connectivity index is 1.73. The molecule has 0 saturated heterocycles. The van der Waals surface area contributed by atoms with Gasteiger partial charge in [-0.15, -0.1) is 0 Å². The van der Waals surface area contributed by atoms with Crippen LogP contribution >= 0.6 is 0 Å². The lowest BCUT2D eigenvalue weighted by molar-refractivity contribution is 0.0285. The molecular weight excluding hydrogens is 325 g/mol. The van der Waals surface area contributed by atoms with Crippen LogP contribution in [0.3, 0.4) is 0 Å². The summed E-state index contributed by atoms with van der Waals surface area (Å²) >= 11 is 0. The van der Waals surface area contributed by atoms with E-state index in [4.69, 9.17) is 9.47 Å². The first-order valence-electron chi connectivity index (χ1n) is 7.92. The van der Waals surface area contributed by atoms with Gasteiger partial charge in [-0.2, -0.15) is 0 Å². The molecule has 0 aliphatic rings. The SMILES string of the molecule is COc1ccc(COCC(O)CNC(=O)c2cc(F)ccc2C)cc1. The Kier molecular flexibility index (Phi) is 6.91. The molecule has 0 radical (unpaired) electrons. The molecule has 0 aromatic heterocycles. The number of benzene rings is 2. The predicted molar refractivity (Wildman–Crippen MR) is 92.1 cm³/mol. The molecule has 0 heterocycles. The number of amides is 1. The molecule has 2 aromatic carbocycles. The Labute approximate surface area is 146 Å². The van der Waals surface area contributed by atoms with Gasteiger partial charge in [-0.3, -0.25) is 4.79 Å². The largest absolute Gasteiger partial charge is 0.497 e. The third-order valence-electron chi connectivity index (χ3n) is 3.68. The average molecular weight is 347 g/mol. The number of rotatable bonds is 8. The summed E-state index contributed by atoms with van der Waals surface area (Å²) in [7, 11) is 1.60. The highest BCUT2D eigenvalue weighted by Gasteiger charge is 2.12. The van der Waals surface area contributed by atoms with Crippen molar-refractivity contribution in [2.24, 2.45) is 0 Å². The van der Waals surface area contributed by atoms with Gasteiger partial charge in [0.2, 0.25) is 0 Å². The van der Waals surface area contributed by atoms with Crippen molar-refractivity contribution >= 4 is 5.91 Å². The number of methoxy groups -OCH3 is 1. The minimum atomic E-state index is -0.851. The molecule has 1 amide bonds. The lowest BCUT2D eigenvalue weighted by atomic mass is 10.1. The van der Waals surface area contributed by atoms with Crippen molar-refractivity contribution in [2.75, 3.05) is 20.3 Å². The van der Waals surface area contributed by atoms with E-state index in [1.165, 1.54) is 12.1 Å². The van der Waals surface area contributed by atoms with E-state index >= 15 is 0 Å². The van der Waals surface area contributed by atoms with E-state index < -0.39 is 17.8 Å². The van der Waals surface area contributed by atoms with Gasteiger partial charge >= 0.3 is 0 Å². The maximum Gasteiger partial charge on any atom is 0.251 e. The third-order valence-corrected chi connectivity index (χ3v) is 3.68. The van der Waals surface area contributed by atoms with E-state index in [9.17, 15) is 14.3 Å². The summed E-state index contributed by atoms with van der Waals surface area (Å²) in [5, 5.41) is 12.5. The van der Waals surface area contributed by atoms with Crippen molar-refractivity contribution in [3.63, 3.8) is 0 Å². The van der Waals surface area contributed by atoms with Gasteiger partial charge < -0.3 is 19.9 Å². The van der Waals surface area contributed by atoms with Crippen molar-refractivity contribution in [3.8, 4) is 5.75 Å². The summed E-state index contributed by atoms with van der Waals surface area (Å²) in [5.74, 6) is -0.135. The Hall–Kier alpha value is -2.44. The molecule has 1 unspecified atom stereocenters. The first-order chi connectivity index (χ1) is 12.0. The summed E-state index contributed by atoms with van der Waals surface area (Å²) < 4.78 is 23.7. The molecule has 5 nitrogen and oxygen atoms in total. The van der Waals surface area contributed by atoms with Crippen LogP contribution < -0.4 is 10.1 Å².